The fourth-order valence-electron chi connectivity index (χ4n) is 6.54. The highest BCUT2D eigenvalue weighted by Gasteiger charge is 2.71. The van der Waals surface area contributed by atoms with Crippen LogP contribution < -0.4 is 14.8 Å². The van der Waals surface area contributed by atoms with Crippen molar-refractivity contribution >= 4 is 11.9 Å². The van der Waals surface area contributed by atoms with Crippen molar-refractivity contribution < 1.29 is 50.5 Å². The van der Waals surface area contributed by atoms with Crippen LogP contribution in [0.3, 0.4) is 0 Å². The van der Waals surface area contributed by atoms with E-state index in [9.17, 15) is 41.0 Å². The Balaban J connectivity index is 1.50. The Morgan fingerprint density at radius 3 is 2.17 bits per heavy atom. The van der Waals surface area contributed by atoms with E-state index in [0.29, 0.717) is 43.4 Å². The van der Waals surface area contributed by atoms with Crippen LogP contribution in [0.5, 0.6) is 11.5 Å². The number of aryl methyl sites for hydroxylation is 1. The van der Waals surface area contributed by atoms with Crippen LogP contribution in [0.2, 0.25) is 0 Å². The van der Waals surface area contributed by atoms with Gasteiger partial charge in [0.05, 0.1) is 12.7 Å². The van der Waals surface area contributed by atoms with Gasteiger partial charge in [-0.1, -0.05) is 44.7 Å². The molecule has 3 amide bonds. The normalized spacial score (nSPS) is 19.6. The van der Waals surface area contributed by atoms with E-state index in [1.807, 2.05) is 13.8 Å². The molecule has 1 atom stereocenters. The lowest BCUT2D eigenvalue weighted by Gasteiger charge is -2.35. The third-order valence-electron chi connectivity index (χ3n) is 9.10. The maximum Gasteiger partial charge on any atom is 0.430 e. The van der Waals surface area contributed by atoms with Crippen molar-refractivity contribution in [1.82, 2.24) is 10.2 Å². The molecule has 48 heavy (non-hydrogen) atoms. The predicted octanol–water partition coefficient (Wildman–Crippen LogP) is 8.41. The quantitative estimate of drug-likeness (QED) is 0.126. The molecule has 1 saturated carbocycles. The number of benzene rings is 2. The minimum absolute atomic E-state index is 0.0288. The minimum Gasteiger partial charge on any atom is -0.493 e. The molecule has 1 aliphatic carbocycles. The zero-order valence-corrected chi connectivity index (χ0v) is 27.7. The number of ether oxygens (including phenoxy) is 2. The Kier molecular flexibility index (Phi) is 11.3. The molecule has 7 nitrogen and oxygen atoms in total. The first-order valence-electron chi connectivity index (χ1n) is 16.5. The summed E-state index contributed by atoms with van der Waals surface area (Å²) in [4.78, 5) is 27.3. The number of aliphatic hydroxyl groups is 1. The van der Waals surface area contributed by atoms with Crippen molar-refractivity contribution in [2.45, 2.75) is 121 Å². The molecule has 0 spiro atoms. The van der Waals surface area contributed by atoms with E-state index in [4.69, 9.17) is 9.47 Å². The van der Waals surface area contributed by atoms with Gasteiger partial charge in [0.25, 0.3) is 11.5 Å². The highest BCUT2D eigenvalue weighted by atomic mass is 19.4. The molecule has 1 aliphatic heterocycles. The summed E-state index contributed by atoms with van der Waals surface area (Å²) in [5.74, 6) is 0.121. The Labute approximate surface area is 277 Å². The van der Waals surface area contributed by atoms with Crippen LogP contribution >= 0.6 is 0 Å². The van der Waals surface area contributed by atoms with Gasteiger partial charge in [0, 0.05) is 12.1 Å². The number of alkyl halides is 6. The average Bonchev–Trinajstić information content (AvgIpc) is 3.23. The Morgan fingerprint density at radius 2 is 1.60 bits per heavy atom. The topological polar surface area (TPSA) is 88.1 Å². The highest BCUT2D eigenvalue weighted by molar-refractivity contribution is 6.07. The molecule has 13 heteroatoms. The summed E-state index contributed by atoms with van der Waals surface area (Å²) >= 11 is 0. The first-order valence-corrected chi connectivity index (χ1v) is 16.5. The lowest BCUT2D eigenvalue weighted by atomic mass is 9.79. The number of amides is 3. The number of unbranched alkanes of at least 4 members (excludes halogenated alkanes) is 1. The Bertz CT molecular complexity index is 1420. The molecule has 0 radical (unpaired) electrons. The zero-order chi connectivity index (χ0) is 35.5. The molecular weight excluding hydrogens is 642 g/mol. The van der Waals surface area contributed by atoms with E-state index in [-0.39, 0.29) is 48.5 Å². The fraction of sp³-hybridized carbons (Fsp3) is 0.600. The number of carbonyl (C=O) groups is 2. The lowest BCUT2D eigenvalue weighted by Crippen LogP contribution is -2.54. The second kappa shape index (κ2) is 14.6. The van der Waals surface area contributed by atoms with Crippen molar-refractivity contribution in [2.75, 3.05) is 13.2 Å². The smallest absolute Gasteiger partial charge is 0.430 e. The van der Waals surface area contributed by atoms with E-state index in [1.54, 1.807) is 38.1 Å². The van der Waals surface area contributed by atoms with Crippen molar-refractivity contribution in [3.63, 3.8) is 0 Å². The van der Waals surface area contributed by atoms with Crippen molar-refractivity contribution in [3.05, 3.63) is 58.7 Å². The Hall–Kier alpha value is -3.48. The van der Waals surface area contributed by atoms with Gasteiger partial charge in [0.1, 0.15) is 17.0 Å². The number of hydrogen-bond acceptors (Lipinski definition) is 5. The summed E-state index contributed by atoms with van der Waals surface area (Å²) in [6, 6.07) is 7.94. The summed E-state index contributed by atoms with van der Waals surface area (Å²) in [5, 5.41) is 13.0. The van der Waals surface area contributed by atoms with Crippen LogP contribution in [-0.4, -0.2) is 53.6 Å². The number of rotatable bonds is 13. The van der Waals surface area contributed by atoms with Crippen molar-refractivity contribution in [1.29, 1.82) is 0 Å². The number of carbonyl (C=O) groups excluding carboxylic acids is 2. The first kappa shape index (κ1) is 37.3. The summed E-state index contributed by atoms with van der Waals surface area (Å²) in [6.07, 6.45) is -7.20. The molecule has 2 aromatic rings. The second-order valence-corrected chi connectivity index (χ2v) is 13.1. The van der Waals surface area contributed by atoms with E-state index >= 15 is 0 Å². The van der Waals surface area contributed by atoms with Crippen LogP contribution in [0.1, 0.15) is 107 Å². The SMILES string of the molecule is CCCc1cc(C(O)(C(F)(F)F)C(F)(F)F)cc(C2CCCCC2)c1OCCCCN1C(=O)NC(C)(c2ccc(OC(C)C)cc2)C1=O. The maximum absolute atomic E-state index is 13.9. The zero-order valence-electron chi connectivity index (χ0n) is 27.7. The third kappa shape index (κ3) is 7.55. The molecule has 1 heterocycles. The number of urea groups is 1. The lowest BCUT2D eigenvalue weighted by molar-refractivity contribution is -0.376. The van der Waals surface area contributed by atoms with Gasteiger partial charge in [-0.05, 0) is 99.7 Å². The van der Waals surface area contributed by atoms with Crippen molar-refractivity contribution in [3.8, 4) is 11.5 Å². The van der Waals surface area contributed by atoms with E-state index in [2.05, 4.69) is 5.32 Å². The van der Waals surface area contributed by atoms with Crippen LogP contribution in [0.4, 0.5) is 31.1 Å². The number of nitrogens with one attached hydrogen (secondary N) is 1. The molecule has 4 rings (SSSR count). The van der Waals surface area contributed by atoms with Gasteiger partial charge in [-0.3, -0.25) is 9.69 Å². The summed E-state index contributed by atoms with van der Waals surface area (Å²) in [7, 11) is 0. The monoisotopic (exact) mass is 686 g/mol. The van der Waals surface area contributed by atoms with Gasteiger partial charge in [-0.2, -0.15) is 26.3 Å². The molecule has 0 aromatic heterocycles. The van der Waals surface area contributed by atoms with E-state index in [1.165, 1.54) is 0 Å². The van der Waals surface area contributed by atoms with Crippen LogP contribution in [0, 0.1) is 0 Å². The Morgan fingerprint density at radius 1 is 0.979 bits per heavy atom. The van der Waals surface area contributed by atoms with Gasteiger partial charge in [-0.15, -0.1) is 0 Å². The molecular formula is C35H44F6N2O5. The fourth-order valence-corrected chi connectivity index (χ4v) is 6.54. The third-order valence-corrected chi connectivity index (χ3v) is 9.10. The van der Waals surface area contributed by atoms with Crippen LogP contribution in [-0.2, 0) is 22.4 Å². The molecule has 2 fully saturated rings. The number of hydrogen-bond donors (Lipinski definition) is 2. The second-order valence-electron chi connectivity index (χ2n) is 13.1. The molecule has 266 valence electrons. The number of nitrogens with zero attached hydrogens (tertiary/aromatic N) is 1. The highest BCUT2D eigenvalue weighted by Crippen LogP contribution is 2.52. The molecule has 0 bridgehead atoms. The van der Waals surface area contributed by atoms with E-state index < -0.39 is 41.0 Å². The largest absolute Gasteiger partial charge is 0.493 e. The predicted molar refractivity (Wildman–Crippen MR) is 167 cm³/mol. The first-order chi connectivity index (χ1) is 22.4. The van der Waals surface area contributed by atoms with Crippen LogP contribution in [0.25, 0.3) is 0 Å². The van der Waals surface area contributed by atoms with Crippen LogP contribution in [0.15, 0.2) is 36.4 Å². The van der Waals surface area contributed by atoms with Gasteiger partial charge >= 0.3 is 18.4 Å². The van der Waals surface area contributed by atoms with Gasteiger partial charge in [-0.25, -0.2) is 4.79 Å². The van der Waals surface area contributed by atoms with E-state index in [0.717, 1.165) is 36.3 Å². The average molecular weight is 687 g/mol. The van der Waals surface area contributed by atoms with Crippen molar-refractivity contribution in [2.24, 2.45) is 0 Å². The standard InChI is InChI=1S/C35H44F6N2O5/c1-5-11-24-20-26(33(46,34(36,37)38)35(39,40)41)21-28(23-12-7-6-8-13-23)29(24)47-19-10-9-18-43-30(44)32(4,42-31(43)45)25-14-16-27(17-15-25)48-22(2)3/h14-17,20-23,46H,5-13,18-19H2,1-4H3,(H,42,45). The maximum atomic E-state index is 13.9. The van der Waals surface area contributed by atoms with Gasteiger partial charge in [0.15, 0.2) is 0 Å². The molecule has 2 aromatic carbocycles. The number of imide groups is 1. The molecule has 1 unspecified atom stereocenters. The summed E-state index contributed by atoms with van der Waals surface area (Å²) in [6.45, 7) is 7.29. The number of halogens is 6. The van der Waals surface area contributed by atoms with Gasteiger partial charge in [0.2, 0.25) is 0 Å². The summed E-state index contributed by atoms with van der Waals surface area (Å²) < 4.78 is 95.1. The molecule has 2 aliphatic rings. The summed E-state index contributed by atoms with van der Waals surface area (Å²) in [5.41, 5.74) is -6.58. The molecule has 2 N–H and O–H groups in total. The minimum atomic E-state index is -6.00. The van der Waals surface area contributed by atoms with Gasteiger partial charge < -0.3 is 19.9 Å². The molecule has 1 saturated heterocycles.